The van der Waals surface area contributed by atoms with Gasteiger partial charge in [0.2, 0.25) is 0 Å². The Balaban J connectivity index is 1.85. The normalized spacial score (nSPS) is 18.7. The van der Waals surface area contributed by atoms with Crippen LogP contribution < -0.4 is 0 Å². The van der Waals surface area contributed by atoms with Crippen molar-refractivity contribution in [3.63, 3.8) is 0 Å². The smallest absolute Gasteiger partial charge is 0.435 e. The molecule has 0 aliphatic carbocycles. The third-order valence-electron chi connectivity index (χ3n) is 5.33. The summed E-state index contributed by atoms with van der Waals surface area (Å²) in [7, 11) is 0. The van der Waals surface area contributed by atoms with Crippen LogP contribution in [0.3, 0.4) is 0 Å². The number of hydrogen-bond donors (Lipinski definition) is 1. The summed E-state index contributed by atoms with van der Waals surface area (Å²) in [5.41, 5.74) is -3.77. The van der Waals surface area contributed by atoms with Crippen LogP contribution in [0.4, 0.5) is 22.0 Å². The summed E-state index contributed by atoms with van der Waals surface area (Å²) in [6.45, 7) is 1.15. The fraction of sp³-hybridized carbons (Fsp3) is 0.182. The molecule has 0 saturated carbocycles. The Kier molecular flexibility index (Phi) is 4.72. The summed E-state index contributed by atoms with van der Waals surface area (Å²) >= 11 is 0. The minimum absolute atomic E-state index is 0.0165. The molecule has 3 aromatic rings. The standard InChI is InChI=1S/C22H14F5NO3/c1-11-8-12(9-17(23)19(11)24)21(22(25,26)27)10-18(28-31-21)15-6-7-16(20(29)30)14-5-3-2-4-13(14)15/h2-9H,10H2,1H3,(H,29,30). The number of hydrogen-bond acceptors (Lipinski definition) is 3. The molecule has 0 radical (unpaired) electrons. The molecule has 0 amide bonds. The summed E-state index contributed by atoms with van der Waals surface area (Å²) in [5.74, 6) is -3.85. The van der Waals surface area contributed by atoms with Gasteiger partial charge in [0.1, 0.15) is 0 Å². The quantitative estimate of drug-likeness (QED) is 0.537. The van der Waals surface area contributed by atoms with E-state index in [1.807, 2.05) is 0 Å². The number of aryl methyl sites for hydroxylation is 1. The molecule has 1 unspecified atom stereocenters. The van der Waals surface area contributed by atoms with Crippen molar-refractivity contribution in [3.05, 3.63) is 82.4 Å². The second-order valence-corrected chi connectivity index (χ2v) is 7.23. The van der Waals surface area contributed by atoms with Crippen LogP contribution in [0, 0.1) is 18.6 Å². The maximum atomic E-state index is 14.1. The predicted molar refractivity (Wildman–Crippen MR) is 102 cm³/mol. The Hall–Kier alpha value is -3.49. The van der Waals surface area contributed by atoms with E-state index in [9.17, 15) is 31.9 Å². The van der Waals surface area contributed by atoms with Crippen LogP contribution in [-0.2, 0) is 10.4 Å². The molecule has 3 aromatic carbocycles. The van der Waals surface area contributed by atoms with Crippen LogP contribution in [0.25, 0.3) is 10.8 Å². The second-order valence-electron chi connectivity index (χ2n) is 7.23. The summed E-state index contributed by atoms with van der Waals surface area (Å²) in [6, 6.07) is 10.3. The molecule has 160 valence electrons. The number of halogens is 5. The number of nitrogens with zero attached hydrogens (tertiary/aromatic N) is 1. The van der Waals surface area contributed by atoms with E-state index in [1.54, 1.807) is 18.2 Å². The lowest BCUT2D eigenvalue weighted by Crippen LogP contribution is -2.43. The third-order valence-corrected chi connectivity index (χ3v) is 5.33. The topological polar surface area (TPSA) is 58.9 Å². The first-order valence-electron chi connectivity index (χ1n) is 9.08. The summed E-state index contributed by atoms with van der Waals surface area (Å²) in [4.78, 5) is 16.4. The highest BCUT2D eigenvalue weighted by molar-refractivity contribution is 6.15. The number of aromatic carboxylic acids is 1. The molecule has 9 heteroatoms. The van der Waals surface area contributed by atoms with Crippen molar-refractivity contribution in [2.24, 2.45) is 5.16 Å². The van der Waals surface area contributed by atoms with Crippen molar-refractivity contribution in [1.82, 2.24) is 0 Å². The van der Waals surface area contributed by atoms with Crippen LogP contribution in [-0.4, -0.2) is 23.0 Å². The van der Waals surface area contributed by atoms with E-state index in [0.717, 1.165) is 13.0 Å². The van der Waals surface area contributed by atoms with E-state index in [4.69, 9.17) is 4.84 Å². The number of fused-ring (bicyclic) bond motifs is 1. The average Bonchev–Trinajstić information content (AvgIpc) is 3.17. The van der Waals surface area contributed by atoms with E-state index in [2.05, 4.69) is 5.16 Å². The first-order chi connectivity index (χ1) is 14.5. The molecule has 31 heavy (non-hydrogen) atoms. The van der Waals surface area contributed by atoms with E-state index in [0.29, 0.717) is 16.8 Å². The molecule has 1 N–H and O–H groups in total. The minimum Gasteiger partial charge on any atom is -0.478 e. The molecule has 0 saturated heterocycles. The number of benzene rings is 3. The number of carbonyl (C=O) groups is 1. The Labute approximate surface area is 172 Å². The lowest BCUT2D eigenvalue weighted by Gasteiger charge is -2.29. The van der Waals surface area contributed by atoms with E-state index in [1.165, 1.54) is 18.2 Å². The number of carboxylic acids is 1. The van der Waals surface area contributed by atoms with E-state index >= 15 is 0 Å². The number of carboxylic acid groups (broad SMARTS) is 1. The fourth-order valence-electron chi connectivity index (χ4n) is 3.75. The molecule has 0 spiro atoms. The van der Waals surface area contributed by atoms with Gasteiger partial charge in [-0.1, -0.05) is 35.5 Å². The maximum absolute atomic E-state index is 14.1. The molecule has 0 bridgehead atoms. The summed E-state index contributed by atoms with van der Waals surface area (Å²) in [5, 5.41) is 13.7. The van der Waals surface area contributed by atoms with Gasteiger partial charge >= 0.3 is 12.1 Å². The molecule has 1 aliphatic heterocycles. The Morgan fingerprint density at radius 2 is 1.77 bits per heavy atom. The summed E-state index contributed by atoms with van der Waals surface area (Å²) < 4.78 is 70.0. The molecule has 1 atom stereocenters. The van der Waals surface area contributed by atoms with Gasteiger partial charge in [0.25, 0.3) is 5.60 Å². The molecule has 0 fully saturated rings. The first-order valence-corrected chi connectivity index (χ1v) is 9.08. The van der Waals surface area contributed by atoms with Gasteiger partial charge < -0.3 is 9.94 Å². The maximum Gasteiger partial charge on any atom is 0.435 e. The van der Waals surface area contributed by atoms with Crippen LogP contribution >= 0.6 is 0 Å². The van der Waals surface area contributed by atoms with Crippen LogP contribution in [0.15, 0.2) is 53.7 Å². The van der Waals surface area contributed by atoms with Crippen molar-refractivity contribution in [2.45, 2.75) is 25.1 Å². The van der Waals surface area contributed by atoms with E-state index in [-0.39, 0.29) is 22.4 Å². The molecular weight excluding hydrogens is 421 g/mol. The zero-order chi connectivity index (χ0) is 22.6. The average molecular weight is 435 g/mol. The zero-order valence-corrected chi connectivity index (χ0v) is 15.9. The van der Waals surface area contributed by atoms with Crippen LogP contribution in [0.1, 0.15) is 33.5 Å². The van der Waals surface area contributed by atoms with Crippen molar-refractivity contribution in [1.29, 1.82) is 0 Å². The molecule has 4 nitrogen and oxygen atoms in total. The van der Waals surface area contributed by atoms with Crippen molar-refractivity contribution < 1.29 is 36.7 Å². The van der Waals surface area contributed by atoms with E-state index < -0.39 is 41.4 Å². The number of oxime groups is 1. The SMILES string of the molecule is Cc1cc(C2(C(F)(F)F)CC(c3ccc(C(=O)O)c4ccccc34)=NO2)cc(F)c1F. The highest BCUT2D eigenvalue weighted by Crippen LogP contribution is 2.49. The van der Waals surface area contributed by atoms with Crippen LogP contribution in [0.5, 0.6) is 0 Å². The molecular formula is C22H14F5NO3. The van der Waals surface area contributed by atoms with Crippen molar-refractivity contribution >= 4 is 22.5 Å². The first kappa shape index (κ1) is 20.8. The number of alkyl halides is 3. The highest BCUT2D eigenvalue weighted by atomic mass is 19.4. The highest BCUT2D eigenvalue weighted by Gasteiger charge is 2.62. The van der Waals surface area contributed by atoms with Gasteiger partial charge in [-0.2, -0.15) is 13.2 Å². The third kappa shape index (κ3) is 3.20. The Morgan fingerprint density at radius 3 is 2.39 bits per heavy atom. The second kappa shape index (κ2) is 7.04. The monoisotopic (exact) mass is 435 g/mol. The predicted octanol–water partition coefficient (Wildman–Crippen LogP) is 5.71. The van der Waals surface area contributed by atoms with Crippen molar-refractivity contribution in [2.75, 3.05) is 0 Å². The molecule has 1 aliphatic rings. The number of rotatable bonds is 3. The van der Waals surface area contributed by atoms with Gasteiger partial charge in [-0.05, 0) is 41.5 Å². The largest absolute Gasteiger partial charge is 0.478 e. The Morgan fingerprint density at radius 1 is 1.10 bits per heavy atom. The van der Waals surface area contributed by atoms with Gasteiger partial charge in [0.05, 0.1) is 11.3 Å². The lowest BCUT2D eigenvalue weighted by atomic mass is 9.84. The fourth-order valence-corrected chi connectivity index (χ4v) is 3.75. The van der Waals surface area contributed by atoms with Gasteiger partial charge in [-0.3, -0.25) is 0 Å². The van der Waals surface area contributed by atoms with Gasteiger partial charge in [-0.15, -0.1) is 0 Å². The summed E-state index contributed by atoms with van der Waals surface area (Å²) in [6.07, 6.45) is -5.79. The van der Waals surface area contributed by atoms with Gasteiger partial charge in [0.15, 0.2) is 11.6 Å². The minimum atomic E-state index is -4.99. The Bertz CT molecular complexity index is 1230. The molecule has 0 aromatic heterocycles. The van der Waals surface area contributed by atoms with Gasteiger partial charge in [-0.25, -0.2) is 13.6 Å². The van der Waals surface area contributed by atoms with Gasteiger partial charge in [0, 0.05) is 17.5 Å². The van der Waals surface area contributed by atoms with Crippen molar-refractivity contribution in [3.8, 4) is 0 Å². The van der Waals surface area contributed by atoms with Crippen LogP contribution in [0.2, 0.25) is 0 Å². The zero-order valence-electron chi connectivity index (χ0n) is 15.9. The molecule has 1 heterocycles. The molecule has 4 rings (SSSR count). The lowest BCUT2D eigenvalue weighted by molar-refractivity contribution is -0.276.